The number of ether oxygens (including phenoxy) is 1. The summed E-state index contributed by atoms with van der Waals surface area (Å²) in [5.74, 6) is 1.58. The Morgan fingerprint density at radius 3 is 3.06 bits per heavy atom. The molecule has 88 valence electrons. The molecule has 2 heterocycles. The first-order valence-electron chi connectivity index (χ1n) is 5.58. The van der Waals surface area contributed by atoms with Crippen LogP contribution >= 0.6 is 11.6 Å². The van der Waals surface area contributed by atoms with Gasteiger partial charge in [0.05, 0.1) is 19.3 Å². The molecule has 2 rings (SSSR count). The fourth-order valence-corrected chi connectivity index (χ4v) is 2.19. The van der Waals surface area contributed by atoms with Crippen molar-refractivity contribution in [2.24, 2.45) is 0 Å². The largest absolute Gasteiger partial charge is 0.377 e. The topological polar surface area (TPSA) is 25.4 Å². The molecule has 0 radical (unpaired) electrons. The molecule has 1 aliphatic heterocycles. The minimum atomic E-state index is 0.391. The zero-order chi connectivity index (χ0) is 11.5. The molecule has 0 bridgehead atoms. The quantitative estimate of drug-likeness (QED) is 0.742. The molecule has 3 nitrogen and oxygen atoms in total. The first kappa shape index (κ1) is 11.7. The molecule has 1 aromatic rings. The predicted molar refractivity (Wildman–Crippen MR) is 66.2 cm³/mol. The number of nitrogens with zero attached hydrogens (tertiary/aromatic N) is 2. The highest BCUT2D eigenvalue weighted by Crippen LogP contribution is 2.22. The third-order valence-corrected chi connectivity index (χ3v) is 3.21. The van der Waals surface area contributed by atoms with E-state index in [4.69, 9.17) is 16.3 Å². The van der Waals surface area contributed by atoms with Crippen LogP contribution < -0.4 is 4.90 Å². The number of anilines is 1. The van der Waals surface area contributed by atoms with E-state index in [1.165, 1.54) is 5.56 Å². The number of morpholine rings is 1. The predicted octanol–water partition coefficient (Wildman–Crippen LogP) is 2.35. The van der Waals surface area contributed by atoms with E-state index >= 15 is 0 Å². The molecule has 0 spiro atoms. The van der Waals surface area contributed by atoms with Gasteiger partial charge in [0.2, 0.25) is 0 Å². The van der Waals surface area contributed by atoms with E-state index in [9.17, 15) is 0 Å². The summed E-state index contributed by atoms with van der Waals surface area (Å²) in [5, 5.41) is 0. The van der Waals surface area contributed by atoms with E-state index in [0.29, 0.717) is 11.9 Å². The summed E-state index contributed by atoms with van der Waals surface area (Å²) in [6, 6.07) is 2.50. The van der Waals surface area contributed by atoms with Gasteiger partial charge in [-0.2, -0.15) is 0 Å². The van der Waals surface area contributed by atoms with Crippen LogP contribution in [-0.4, -0.2) is 30.8 Å². The molecule has 1 atom stereocenters. The Balaban J connectivity index is 2.25. The van der Waals surface area contributed by atoms with Crippen molar-refractivity contribution in [3.63, 3.8) is 0 Å². The van der Waals surface area contributed by atoms with Crippen molar-refractivity contribution in [3.05, 3.63) is 23.4 Å². The van der Waals surface area contributed by atoms with Crippen molar-refractivity contribution >= 4 is 17.4 Å². The fraction of sp³-hybridized carbons (Fsp3) is 0.583. The first-order valence-corrected chi connectivity index (χ1v) is 6.11. The van der Waals surface area contributed by atoms with Gasteiger partial charge in [0, 0.05) is 18.6 Å². The van der Waals surface area contributed by atoms with E-state index < -0.39 is 0 Å². The highest BCUT2D eigenvalue weighted by atomic mass is 35.5. The molecular weight excluding hydrogens is 224 g/mol. The number of hydrogen-bond donors (Lipinski definition) is 0. The molecule has 0 N–H and O–H groups in total. The van der Waals surface area contributed by atoms with Gasteiger partial charge in [0.25, 0.3) is 0 Å². The van der Waals surface area contributed by atoms with Crippen molar-refractivity contribution in [2.45, 2.75) is 25.8 Å². The average molecular weight is 241 g/mol. The zero-order valence-corrected chi connectivity index (χ0v) is 10.5. The molecule has 1 aromatic heterocycles. The Hall–Kier alpha value is -0.800. The number of pyridine rings is 1. The first-order chi connectivity index (χ1) is 7.72. The number of aryl methyl sites for hydroxylation is 1. The SMILES string of the molecule is Cc1cc(CCl)cnc1N1CCOCC1C. The summed E-state index contributed by atoms with van der Waals surface area (Å²) in [7, 11) is 0. The Morgan fingerprint density at radius 1 is 1.62 bits per heavy atom. The number of aromatic nitrogens is 1. The van der Waals surface area contributed by atoms with E-state index in [2.05, 4.69) is 29.8 Å². The van der Waals surface area contributed by atoms with Crippen LogP contribution in [0.2, 0.25) is 0 Å². The van der Waals surface area contributed by atoms with Crippen LogP contribution in [0.15, 0.2) is 12.3 Å². The minimum Gasteiger partial charge on any atom is -0.377 e. The van der Waals surface area contributed by atoms with Crippen molar-refractivity contribution < 1.29 is 4.74 Å². The van der Waals surface area contributed by atoms with Gasteiger partial charge < -0.3 is 9.64 Å². The number of halogens is 1. The molecule has 0 aromatic carbocycles. The molecule has 1 fully saturated rings. The number of rotatable bonds is 2. The van der Waals surface area contributed by atoms with Crippen LogP contribution in [0, 0.1) is 6.92 Å². The van der Waals surface area contributed by atoms with Gasteiger partial charge in [-0.25, -0.2) is 4.98 Å². The van der Waals surface area contributed by atoms with Gasteiger partial charge in [-0.05, 0) is 31.0 Å². The van der Waals surface area contributed by atoms with Gasteiger partial charge in [-0.1, -0.05) is 0 Å². The van der Waals surface area contributed by atoms with Gasteiger partial charge in [0.1, 0.15) is 5.82 Å². The minimum absolute atomic E-state index is 0.391. The normalized spacial score (nSPS) is 21.2. The average Bonchev–Trinajstić information content (AvgIpc) is 2.30. The lowest BCUT2D eigenvalue weighted by Gasteiger charge is -2.35. The lowest BCUT2D eigenvalue weighted by atomic mass is 10.1. The Kier molecular flexibility index (Phi) is 3.66. The summed E-state index contributed by atoms with van der Waals surface area (Å²) in [5.41, 5.74) is 2.26. The number of alkyl halides is 1. The lowest BCUT2D eigenvalue weighted by Crippen LogP contribution is -2.44. The fourth-order valence-electron chi connectivity index (χ4n) is 2.04. The summed E-state index contributed by atoms with van der Waals surface area (Å²) < 4.78 is 5.43. The van der Waals surface area contributed by atoms with Gasteiger partial charge in [0.15, 0.2) is 0 Å². The molecule has 0 aliphatic carbocycles. The molecule has 0 saturated carbocycles. The zero-order valence-electron chi connectivity index (χ0n) is 9.74. The smallest absolute Gasteiger partial charge is 0.131 e. The van der Waals surface area contributed by atoms with Gasteiger partial charge in [-0.15, -0.1) is 11.6 Å². The maximum atomic E-state index is 5.79. The van der Waals surface area contributed by atoms with Gasteiger partial charge >= 0.3 is 0 Å². The van der Waals surface area contributed by atoms with Crippen molar-refractivity contribution in [2.75, 3.05) is 24.7 Å². The summed E-state index contributed by atoms with van der Waals surface area (Å²) in [4.78, 5) is 6.81. The van der Waals surface area contributed by atoms with Crippen molar-refractivity contribution in [1.29, 1.82) is 0 Å². The third kappa shape index (κ3) is 2.30. The van der Waals surface area contributed by atoms with Crippen molar-refractivity contribution in [1.82, 2.24) is 4.98 Å². The molecule has 1 unspecified atom stereocenters. The maximum Gasteiger partial charge on any atom is 0.131 e. The number of hydrogen-bond acceptors (Lipinski definition) is 3. The summed E-state index contributed by atoms with van der Waals surface area (Å²) >= 11 is 5.79. The molecule has 1 aliphatic rings. The monoisotopic (exact) mass is 240 g/mol. The molecule has 4 heteroatoms. The Morgan fingerprint density at radius 2 is 2.44 bits per heavy atom. The van der Waals surface area contributed by atoms with E-state index in [1.54, 1.807) is 0 Å². The second kappa shape index (κ2) is 5.02. The second-order valence-electron chi connectivity index (χ2n) is 4.24. The standard InChI is InChI=1S/C12H17ClN2O/c1-9-5-11(6-13)7-14-12(9)15-3-4-16-8-10(15)2/h5,7,10H,3-4,6,8H2,1-2H3. The molecule has 0 amide bonds. The highest BCUT2D eigenvalue weighted by molar-refractivity contribution is 6.17. The molecule has 16 heavy (non-hydrogen) atoms. The van der Waals surface area contributed by atoms with Crippen LogP contribution in [0.5, 0.6) is 0 Å². The highest BCUT2D eigenvalue weighted by Gasteiger charge is 2.21. The second-order valence-corrected chi connectivity index (χ2v) is 4.50. The van der Waals surface area contributed by atoms with Crippen LogP contribution in [0.25, 0.3) is 0 Å². The van der Waals surface area contributed by atoms with Crippen molar-refractivity contribution in [3.8, 4) is 0 Å². The third-order valence-electron chi connectivity index (χ3n) is 2.90. The maximum absolute atomic E-state index is 5.79. The van der Waals surface area contributed by atoms with E-state index in [0.717, 1.165) is 31.1 Å². The van der Waals surface area contributed by atoms with Crippen LogP contribution in [0.1, 0.15) is 18.1 Å². The van der Waals surface area contributed by atoms with Gasteiger partial charge in [-0.3, -0.25) is 0 Å². The van der Waals surface area contributed by atoms with Crippen LogP contribution in [0.3, 0.4) is 0 Å². The molecule has 1 saturated heterocycles. The van der Waals surface area contributed by atoms with E-state index in [1.807, 2.05) is 6.20 Å². The van der Waals surface area contributed by atoms with Crippen LogP contribution in [0.4, 0.5) is 5.82 Å². The molecular formula is C12H17ClN2O. The summed E-state index contributed by atoms with van der Waals surface area (Å²) in [6.07, 6.45) is 1.86. The Labute approximate surface area is 101 Å². The lowest BCUT2D eigenvalue weighted by molar-refractivity contribution is 0.0985. The Bertz CT molecular complexity index is 370. The van der Waals surface area contributed by atoms with E-state index in [-0.39, 0.29) is 0 Å². The van der Waals surface area contributed by atoms with Crippen LogP contribution in [-0.2, 0) is 10.6 Å². The summed E-state index contributed by atoms with van der Waals surface area (Å²) in [6.45, 7) is 6.71.